The molecule has 12 heteroatoms. The molecule has 18 heavy (non-hydrogen) atoms. The van der Waals surface area contributed by atoms with Crippen molar-refractivity contribution in [3.05, 3.63) is 5.82 Å². The number of anilines is 1. The maximum atomic E-state index is 12.6. The lowest BCUT2D eigenvalue weighted by atomic mass is 10.5. The van der Waals surface area contributed by atoms with Gasteiger partial charge in [-0.25, -0.2) is 4.63 Å². The van der Waals surface area contributed by atoms with Gasteiger partial charge in [0.1, 0.15) is 0 Å². The molecule has 0 unspecified atom stereocenters. The van der Waals surface area contributed by atoms with Crippen molar-refractivity contribution in [1.82, 2.24) is 30.1 Å². The van der Waals surface area contributed by atoms with Gasteiger partial charge in [-0.05, 0) is 10.3 Å². The summed E-state index contributed by atoms with van der Waals surface area (Å²) in [6, 6.07) is 0. The summed E-state index contributed by atoms with van der Waals surface area (Å²) in [6.07, 6.45) is -4.64. The Hall–Kier alpha value is -2.24. The van der Waals surface area contributed by atoms with Crippen LogP contribution in [0.1, 0.15) is 5.82 Å². The summed E-state index contributed by atoms with van der Waals surface area (Å²) < 4.78 is 42.6. The summed E-state index contributed by atoms with van der Waals surface area (Å²) in [6.45, 7) is 0. The van der Waals surface area contributed by atoms with Crippen molar-refractivity contribution in [2.45, 2.75) is 6.18 Å². The molecule has 0 spiro atoms. The molecule has 0 bridgehead atoms. The van der Waals surface area contributed by atoms with Gasteiger partial charge in [0.25, 0.3) is 5.82 Å². The summed E-state index contributed by atoms with van der Waals surface area (Å²) in [5, 5.41) is 17.0. The number of hydrogen-bond donors (Lipinski definition) is 1. The van der Waals surface area contributed by atoms with Crippen molar-refractivity contribution in [3.8, 4) is 10.7 Å². The standard InChI is InChI=1S/C6H2F3N7OS/c7-6(8,9)4-11-12-5-16(4)13-3(18-5)1-2(10)15-17-14-1/h(H2,10,15). The van der Waals surface area contributed by atoms with Crippen molar-refractivity contribution in [2.75, 3.05) is 5.73 Å². The first kappa shape index (κ1) is 10.9. The molecule has 3 heterocycles. The van der Waals surface area contributed by atoms with E-state index in [0.29, 0.717) is 4.52 Å². The van der Waals surface area contributed by atoms with E-state index in [0.717, 1.165) is 11.3 Å². The second-order valence-electron chi connectivity index (χ2n) is 3.12. The molecule has 3 rings (SSSR count). The molecular weight excluding hydrogens is 275 g/mol. The van der Waals surface area contributed by atoms with Gasteiger partial charge in [-0.15, -0.1) is 10.2 Å². The molecule has 0 aliphatic rings. The van der Waals surface area contributed by atoms with Crippen LogP contribution in [0.2, 0.25) is 0 Å². The molecule has 0 aliphatic heterocycles. The lowest BCUT2D eigenvalue weighted by Crippen LogP contribution is -2.11. The van der Waals surface area contributed by atoms with Gasteiger partial charge in [0.05, 0.1) is 0 Å². The Morgan fingerprint density at radius 2 is 2.00 bits per heavy atom. The molecule has 0 saturated carbocycles. The molecule has 3 aromatic heterocycles. The van der Waals surface area contributed by atoms with Crippen LogP contribution in [0.15, 0.2) is 4.63 Å². The van der Waals surface area contributed by atoms with E-state index in [9.17, 15) is 13.2 Å². The molecule has 0 radical (unpaired) electrons. The Bertz CT molecular complexity index is 712. The summed E-state index contributed by atoms with van der Waals surface area (Å²) in [7, 11) is 0. The van der Waals surface area contributed by atoms with E-state index in [1.165, 1.54) is 0 Å². The van der Waals surface area contributed by atoms with Crippen LogP contribution in [0.5, 0.6) is 0 Å². The molecular formula is C6H2F3N7OS. The zero-order valence-electron chi connectivity index (χ0n) is 8.21. The molecule has 0 aliphatic carbocycles. The summed E-state index contributed by atoms with van der Waals surface area (Å²) in [5.74, 6) is -1.27. The summed E-state index contributed by atoms with van der Waals surface area (Å²) >= 11 is 0.842. The molecule has 8 nitrogen and oxygen atoms in total. The highest BCUT2D eigenvalue weighted by molar-refractivity contribution is 7.19. The van der Waals surface area contributed by atoms with Crippen LogP contribution in [0.4, 0.5) is 19.0 Å². The van der Waals surface area contributed by atoms with E-state index in [2.05, 4.69) is 30.2 Å². The van der Waals surface area contributed by atoms with E-state index >= 15 is 0 Å². The van der Waals surface area contributed by atoms with Gasteiger partial charge in [0.2, 0.25) is 4.96 Å². The molecule has 0 fully saturated rings. The van der Waals surface area contributed by atoms with Crippen LogP contribution in [0.25, 0.3) is 15.7 Å². The largest absolute Gasteiger partial charge is 0.453 e. The first-order valence-corrected chi connectivity index (χ1v) is 5.16. The monoisotopic (exact) mass is 277 g/mol. The van der Waals surface area contributed by atoms with Crippen LogP contribution in [0, 0.1) is 0 Å². The average Bonchev–Trinajstić information content (AvgIpc) is 2.87. The van der Waals surface area contributed by atoms with E-state index in [1.54, 1.807) is 0 Å². The SMILES string of the molecule is Nc1nonc1-c1nn2c(C(F)(F)F)nnc2s1. The number of nitrogens with zero attached hydrogens (tertiary/aromatic N) is 6. The van der Waals surface area contributed by atoms with E-state index in [1.807, 2.05) is 0 Å². The Kier molecular flexibility index (Phi) is 2.04. The van der Waals surface area contributed by atoms with Crippen molar-refractivity contribution >= 4 is 22.1 Å². The van der Waals surface area contributed by atoms with Crippen LogP contribution < -0.4 is 5.73 Å². The maximum absolute atomic E-state index is 12.6. The first-order chi connectivity index (χ1) is 8.47. The van der Waals surface area contributed by atoms with Crippen LogP contribution in [-0.4, -0.2) is 30.1 Å². The number of alkyl halides is 3. The third-order valence-corrected chi connectivity index (χ3v) is 2.87. The normalized spacial score (nSPS) is 12.4. The number of hydrogen-bond acceptors (Lipinski definition) is 8. The van der Waals surface area contributed by atoms with Crippen LogP contribution in [0.3, 0.4) is 0 Å². The fraction of sp³-hybridized carbons (Fsp3) is 0.167. The highest BCUT2D eigenvalue weighted by atomic mass is 32.1. The van der Waals surface area contributed by atoms with Crippen molar-refractivity contribution in [1.29, 1.82) is 0 Å². The van der Waals surface area contributed by atoms with Gasteiger partial charge in [-0.1, -0.05) is 11.3 Å². The van der Waals surface area contributed by atoms with Gasteiger partial charge in [0, 0.05) is 0 Å². The lowest BCUT2D eigenvalue weighted by Gasteiger charge is -1.99. The van der Waals surface area contributed by atoms with Crippen LogP contribution >= 0.6 is 11.3 Å². The fourth-order valence-corrected chi connectivity index (χ4v) is 2.06. The van der Waals surface area contributed by atoms with E-state index in [-0.39, 0.29) is 21.5 Å². The number of aromatic nitrogens is 6. The van der Waals surface area contributed by atoms with Crippen molar-refractivity contribution < 1.29 is 17.8 Å². The van der Waals surface area contributed by atoms with Gasteiger partial charge < -0.3 is 5.73 Å². The summed E-state index contributed by atoms with van der Waals surface area (Å²) in [5.41, 5.74) is 5.49. The molecule has 0 amide bonds. The minimum absolute atomic E-state index is 0.0280. The van der Waals surface area contributed by atoms with E-state index in [4.69, 9.17) is 5.73 Å². The Morgan fingerprint density at radius 3 is 2.61 bits per heavy atom. The predicted molar refractivity (Wildman–Crippen MR) is 51.4 cm³/mol. The molecule has 94 valence electrons. The Balaban J connectivity index is 2.19. The minimum Gasteiger partial charge on any atom is -0.379 e. The average molecular weight is 277 g/mol. The Morgan fingerprint density at radius 1 is 1.22 bits per heavy atom. The molecule has 0 aromatic carbocycles. The highest BCUT2D eigenvalue weighted by Crippen LogP contribution is 2.32. The van der Waals surface area contributed by atoms with Gasteiger partial charge in [-0.2, -0.15) is 22.8 Å². The fourth-order valence-electron chi connectivity index (χ4n) is 1.23. The Labute approximate surface area is 99.2 Å². The zero-order chi connectivity index (χ0) is 12.9. The quantitative estimate of drug-likeness (QED) is 0.701. The zero-order valence-corrected chi connectivity index (χ0v) is 9.03. The number of halogens is 3. The number of nitrogen functional groups attached to an aromatic ring is 1. The smallest absolute Gasteiger partial charge is 0.379 e. The van der Waals surface area contributed by atoms with Gasteiger partial charge in [0.15, 0.2) is 16.5 Å². The topological polar surface area (TPSA) is 108 Å². The van der Waals surface area contributed by atoms with Gasteiger partial charge >= 0.3 is 6.18 Å². The second-order valence-corrected chi connectivity index (χ2v) is 4.08. The van der Waals surface area contributed by atoms with Crippen LogP contribution in [-0.2, 0) is 6.18 Å². The first-order valence-electron chi connectivity index (χ1n) is 4.34. The number of fused-ring (bicyclic) bond motifs is 1. The van der Waals surface area contributed by atoms with E-state index < -0.39 is 12.0 Å². The summed E-state index contributed by atoms with van der Waals surface area (Å²) in [4.78, 5) is -0.0280. The minimum atomic E-state index is -4.64. The molecule has 0 saturated heterocycles. The highest BCUT2D eigenvalue weighted by Gasteiger charge is 2.38. The molecule has 0 atom stereocenters. The number of rotatable bonds is 1. The predicted octanol–water partition coefficient (Wildman–Crippen LogP) is 0.837. The van der Waals surface area contributed by atoms with Gasteiger partial charge in [-0.3, -0.25) is 0 Å². The third-order valence-electron chi connectivity index (χ3n) is 1.96. The number of nitrogens with two attached hydrogens (primary N) is 1. The molecule has 2 N–H and O–H groups in total. The maximum Gasteiger partial charge on any atom is 0.453 e. The van der Waals surface area contributed by atoms with Crippen molar-refractivity contribution in [3.63, 3.8) is 0 Å². The third kappa shape index (κ3) is 1.49. The lowest BCUT2D eigenvalue weighted by molar-refractivity contribution is -0.146. The van der Waals surface area contributed by atoms with Crippen molar-refractivity contribution in [2.24, 2.45) is 0 Å². The second kappa shape index (κ2) is 3.38. The molecule has 3 aromatic rings.